The first-order valence-corrected chi connectivity index (χ1v) is 7.58. The van der Waals surface area contributed by atoms with Crippen molar-refractivity contribution in [2.75, 3.05) is 0 Å². The normalized spacial score (nSPS) is 18.5. The lowest BCUT2D eigenvalue weighted by Gasteiger charge is -2.28. The fraction of sp³-hybridized carbons (Fsp3) is 0.176. The molecule has 23 heavy (non-hydrogen) atoms. The number of benzene rings is 2. The summed E-state index contributed by atoms with van der Waals surface area (Å²) in [5, 5.41) is 3.57. The largest absolute Gasteiger partial charge is 0.325 e. The van der Waals surface area contributed by atoms with Crippen LogP contribution in [0.25, 0.3) is 0 Å². The van der Waals surface area contributed by atoms with E-state index < -0.39 is 0 Å². The summed E-state index contributed by atoms with van der Waals surface area (Å²) in [4.78, 5) is 18.9. The lowest BCUT2D eigenvalue weighted by atomic mass is 10.0. The van der Waals surface area contributed by atoms with Gasteiger partial charge in [0.15, 0.2) is 0 Å². The van der Waals surface area contributed by atoms with E-state index in [-0.39, 0.29) is 24.4 Å². The first kappa shape index (κ1) is 15.8. The molecule has 4 nitrogen and oxygen atoms in total. The quantitative estimate of drug-likeness (QED) is 0.905. The van der Waals surface area contributed by atoms with E-state index in [1.807, 2.05) is 53.4 Å². The summed E-state index contributed by atoms with van der Waals surface area (Å²) in [5.74, 6) is 0.618. The average Bonchev–Trinajstić information content (AvgIpc) is 2.82. The first-order valence-electron chi connectivity index (χ1n) is 7.20. The number of guanidine groups is 1. The van der Waals surface area contributed by atoms with Gasteiger partial charge in [-0.25, -0.2) is 4.99 Å². The maximum atomic E-state index is 12.3. The zero-order chi connectivity index (χ0) is 15.1. The number of carbonyl (C=O) groups excluding carboxylic acids is 1. The van der Waals surface area contributed by atoms with E-state index in [0.717, 1.165) is 16.8 Å². The van der Waals surface area contributed by atoms with Gasteiger partial charge < -0.3 is 4.90 Å². The molecule has 1 saturated heterocycles. The van der Waals surface area contributed by atoms with Gasteiger partial charge >= 0.3 is 0 Å². The molecule has 2 aliphatic rings. The summed E-state index contributed by atoms with van der Waals surface area (Å²) in [5.41, 5.74) is 2.94. The lowest BCUT2D eigenvalue weighted by molar-refractivity contribution is -0.121. The maximum absolute atomic E-state index is 12.3. The van der Waals surface area contributed by atoms with Crippen molar-refractivity contribution in [3.63, 3.8) is 0 Å². The molecule has 0 aromatic heterocycles. The molecule has 2 aromatic rings. The Morgan fingerprint density at radius 3 is 2.74 bits per heavy atom. The van der Waals surface area contributed by atoms with Gasteiger partial charge in [0.2, 0.25) is 11.9 Å². The summed E-state index contributed by atoms with van der Waals surface area (Å²) >= 11 is 6.28. The van der Waals surface area contributed by atoms with Gasteiger partial charge in [0, 0.05) is 17.0 Å². The highest BCUT2D eigenvalue weighted by Crippen LogP contribution is 2.34. The van der Waals surface area contributed by atoms with Crippen LogP contribution >= 0.6 is 24.0 Å². The van der Waals surface area contributed by atoms with Gasteiger partial charge in [-0.1, -0.05) is 48.0 Å². The van der Waals surface area contributed by atoms with Crippen molar-refractivity contribution in [3.8, 4) is 0 Å². The smallest absolute Gasteiger partial charge is 0.249 e. The fourth-order valence-corrected chi connectivity index (χ4v) is 3.19. The Morgan fingerprint density at radius 1 is 1.17 bits per heavy atom. The van der Waals surface area contributed by atoms with E-state index in [0.29, 0.717) is 23.9 Å². The summed E-state index contributed by atoms with van der Waals surface area (Å²) in [6.45, 7) is 0.601. The van der Waals surface area contributed by atoms with Crippen molar-refractivity contribution < 1.29 is 4.79 Å². The van der Waals surface area contributed by atoms with Crippen LogP contribution in [0.2, 0.25) is 5.02 Å². The molecule has 0 saturated carbocycles. The van der Waals surface area contributed by atoms with E-state index in [9.17, 15) is 4.79 Å². The molecule has 4 rings (SSSR count). The van der Waals surface area contributed by atoms with Crippen LogP contribution in [0.15, 0.2) is 53.5 Å². The number of aliphatic imine (C=N–C) groups is 1. The predicted molar refractivity (Wildman–Crippen MR) is 93.4 cm³/mol. The van der Waals surface area contributed by atoms with Gasteiger partial charge in [-0.2, -0.15) is 0 Å². The minimum atomic E-state index is -0.245. The second-order valence-electron chi connectivity index (χ2n) is 5.50. The van der Waals surface area contributed by atoms with E-state index in [1.54, 1.807) is 0 Å². The Labute approximate surface area is 145 Å². The highest BCUT2D eigenvalue weighted by Gasteiger charge is 2.39. The van der Waals surface area contributed by atoms with Gasteiger partial charge in [0.05, 0.1) is 12.2 Å². The number of amides is 1. The Morgan fingerprint density at radius 2 is 1.96 bits per heavy atom. The van der Waals surface area contributed by atoms with E-state index in [2.05, 4.69) is 10.3 Å². The summed E-state index contributed by atoms with van der Waals surface area (Å²) < 4.78 is 0. The molecule has 2 aromatic carbocycles. The molecule has 0 aliphatic carbocycles. The molecule has 1 fully saturated rings. The number of halogens is 2. The molecule has 1 N–H and O–H groups in total. The zero-order valence-electron chi connectivity index (χ0n) is 12.2. The monoisotopic (exact) mass is 347 g/mol. The number of nitrogens with one attached hydrogen (secondary N) is 1. The van der Waals surface area contributed by atoms with Gasteiger partial charge in [-0.05, 0) is 17.7 Å². The van der Waals surface area contributed by atoms with Crippen LogP contribution in [-0.4, -0.2) is 22.8 Å². The Bertz CT molecular complexity index is 777. The maximum Gasteiger partial charge on any atom is 0.249 e. The number of fused-ring (bicyclic) bond motifs is 2. The van der Waals surface area contributed by atoms with E-state index in [4.69, 9.17) is 11.6 Å². The van der Waals surface area contributed by atoms with Gasteiger partial charge in [-0.15, -0.1) is 12.4 Å². The number of hydrogen-bond donors (Lipinski definition) is 1. The van der Waals surface area contributed by atoms with Crippen molar-refractivity contribution >= 4 is 41.6 Å². The minimum Gasteiger partial charge on any atom is -0.325 e. The standard InChI is InChI=1S/C17H14ClN3O.ClH/c18-13-7-4-8-14-12(13)10-21-15(16(22)20-17(21)19-14)9-11-5-2-1-3-6-11;/h1-8,15H,9-10H2,(H,19,20,22);1H/t15-;/m1./s1. The van der Waals surface area contributed by atoms with Crippen LogP contribution in [0.3, 0.4) is 0 Å². The third-order valence-corrected chi connectivity index (χ3v) is 4.46. The zero-order valence-corrected chi connectivity index (χ0v) is 13.8. The van der Waals surface area contributed by atoms with Gasteiger partial charge in [0.25, 0.3) is 0 Å². The van der Waals surface area contributed by atoms with Crippen molar-refractivity contribution in [1.82, 2.24) is 10.2 Å². The van der Waals surface area contributed by atoms with E-state index in [1.165, 1.54) is 0 Å². The molecule has 118 valence electrons. The summed E-state index contributed by atoms with van der Waals surface area (Å²) in [6, 6.07) is 15.4. The summed E-state index contributed by atoms with van der Waals surface area (Å²) in [7, 11) is 0. The molecule has 0 bridgehead atoms. The highest BCUT2D eigenvalue weighted by atomic mass is 35.5. The third-order valence-electron chi connectivity index (χ3n) is 4.11. The Kier molecular flexibility index (Phi) is 4.28. The number of carbonyl (C=O) groups is 1. The topological polar surface area (TPSA) is 44.7 Å². The fourth-order valence-electron chi connectivity index (χ4n) is 2.96. The molecule has 1 amide bonds. The number of nitrogens with zero attached hydrogens (tertiary/aromatic N) is 2. The van der Waals surface area contributed by atoms with Crippen LogP contribution in [0.5, 0.6) is 0 Å². The van der Waals surface area contributed by atoms with E-state index >= 15 is 0 Å². The van der Waals surface area contributed by atoms with Crippen LogP contribution in [-0.2, 0) is 17.8 Å². The van der Waals surface area contributed by atoms with Crippen LogP contribution in [0.1, 0.15) is 11.1 Å². The molecule has 0 radical (unpaired) electrons. The number of hydrogen-bond acceptors (Lipinski definition) is 3. The molecule has 6 heteroatoms. The molecular weight excluding hydrogens is 333 g/mol. The molecule has 0 spiro atoms. The van der Waals surface area contributed by atoms with Crippen molar-refractivity contribution in [2.45, 2.75) is 19.0 Å². The molecule has 0 unspecified atom stereocenters. The Hall–Kier alpha value is -2.04. The second kappa shape index (κ2) is 6.22. The number of rotatable bonds is 2. The Balaban J connectivity index is 0.00000156. The summed E-state index contributed by atoms with van der Waals surface area (Å²) in [6.07, 6.45) is 0.658. The third kappa shape index (κ3) is 2.80. The minimum absolute atomic E-state index is 0. The first-order chi connectivity index (χ1) is 10.7. The predicted octanol–water partition coefficient (Wildman–Crippen LogP) is 3.31. The molecule has 1 atom stereocenters. The second-order valence-corrected chi connectivity index (χ2v) is 5.90. The molecule has 2 heterocycles. The highest BCUT2D eigenvalue weighted by molar-refractivity contribution is 6.31. The lowest BCUT2D eigenvalue weighted by Crippen LogP contribution is -2.38. The van der Waals surface area contributed by atoms with Crippen molar-refractivity contribution in [3.05, 3.63) is 64.7 Å². The SMILES string of the molecule is Cl.O=C1NC2=Nc3cccc(Cl)c3CN2[C@@H]1Cc1ccccc1. The van der Waals surface area contributed by atoms with Crippen LogP contribution in [0.4, 0.5) is 5.69 Å². The van der Waals surface area contributed by atoms with Crippen LogP contribution in [0, 0.1) is 0 Å². The van der Waals surface area contributed by atoms with Crippen molar-refractivity contribution in [2.24, 2.45) is 4.99 Å². The molecule has 2 aliphatic heterocycles. The molecular formula is C17H15Cl2N3O. The van der Waals surface area contributed by atoms with Crippen LogP contribution < -0.4 is 5.32 Å². The van der Waals surface area contributed by atoms with Gasteiger partial charge in [-0.3, -0.25) is 10.1 Å². The average molecular weight is 348 g/mol. The van der Waals surface area contributed by atoms with Gasteiger partial charge in [0.1, 0.15) is 6.04 Å². The van der Waals surface area contributed by atoms with Crippen molar-refractivity contribution in [1.29, 1.82) is 0 Å².